The van der Waals surface area contributed by atoms with Crippen LogP contribution in [-0.4, -0.2) is 29.0 Å². The van der Waals surface area contributed by atoms with E-state index in [9.17, 15) is 28.6 Å². The number of nitrogens with zero attached hydrogens (tertiary/aromatic N) is 1. The lowest BCUT2D eigenvalue weighted by molar-refractivity contribution is -0.132. The second kappa shape index (κ2) is 8.14. The molecule has 0 aliphatic carbocycles. The molecule has 0 bridgehead atoms. The maximum Gasteiger partial charge on any atom is 0.300 e. The maximum absolute atomic E-state index is 13.9. The number of aliphatic hydroxyl groups is 1. The number of anilines is 1. The van der Waals surface area contributed by atoms with Crippen molar-refractivity contribution in [2.24, 2.45) is 0 Å². The second-order valence-corrected chi connectivity index (χ2v) is 7.09. The zero-order valence-corrected chi connectivity index (χ0v) is 16.8. The highest BCUT2D eigenvalue weighted by molar-refractivity contribution is 6.51. The van der Waals surface area contributed by atoms with Crippen molar-refractivity contribution in [3.63, 3.8) is 0 Å². The van der Waals surface area contributed by atoms with Crippen LogP contribution in [0.25, 0.3) is 5.76 Å². The van der Waals surface area contributed by atoms with E-state index in [2.05, 4.69) is 0 Å². The van der Waals surface area contributed by atoms with Gasteiger partial charge in [-0.2, -0.15) is 0 Å². The van der Waals surface area contributed by atoms with Crippen molar-refractivity contribution in [2.45, 2.75) is 6.04 Å². The molecular weight excluding hydrogens is 420 g/mol. The number of hydrogen-bond donors (Lipinski definition) is 2. The Labute approximate surface area is 181 Å². The lowest BCUT2D eigenvalue weighted by Crippen LogP contribution is -2.29. The van der Waals surface area contributed by atoms with E-state index in [1.54, 1.807) is 12.1 Å². The first kappa shape index (κ1) is 21.0. The number of ether oxygens (including phenoxy) is 1. The van der Waals surface area contributed by atoms with Gasteiger partial charge in [0.2, 0.25) is 0 Å². The Balaban J connectivity index is 1.95. The van der Waals surface area contributed by atoms with E-state index in [-0.39, 0.29) is 22.6 Å². The molecule has 0 spiro atoms. The molecule has 3 aromatic rings. The van der Waals surface area contributed by atoms with Crippen LogP contribution in [0.4, 0.5) is 14.5 Å². The van der Waals surface area contributed by atoms with E-state index in [4.69, 9.17) is 4.74 Å². The fourth-order valence-electron chi connectivity index (χ4n) is 3.63. The molecule has 1 fully saturated rings. The van der Waals surface area contributed by atoms with Gasteiger partial charge in [-0.3, -0.25) is 14.5 Å². The predicted octanol–water partition coefficient (Wildman–Crippen LogP) is 4.31. The minimum Gasteiger partial charge on any atom is -0.508 e. The molecule has 162 valence electrons. The lowest BCUT2D eigenvalue weighted by Gasteiger charge is -2.25. The fourth-order valence-corrected chi connectivity index (χ4v) is 3.63. The van der Waals surface area contributed by atoms with Gasteiger partial charge >= 0.3 is 0 Å². The summed E-state index contributed by atoms with van der Waals surface area (Å²) in [6, 6.07) is 13.6. The first-order valence-electron chi connectivity index (χ1n) is 9.51. The highest BCUT2D eigenvalue weighted by atomic mass is 19.2. The summed E-state index contributed by atoms with van der Waals surface area (Å²) >= 11 is 0. The van der Waals surface area contributed by atoms with Crippen LogP contribution in [0.5, 0.6) is 11.5 Å². The Morgan fingerprint density at radius 3 is 2.34 bits per heavy atom. The van der Waals surface area contributed by atoms with Crippen molar-refractivity contribution in [3.8, 4) is 11.5 Å². The third-order valence-corrected chi connectivity index (χ3v) is 5.18. The number of phenolic OH excluding ortho intramolecular Hbond substituents is 1. The highest BCUT2D eigenvalue weighted by Gasteiger charge is 2.47. The molecule has 8 heteroatoms. The first-order chi connectivity index (χ1) is 15.3. The minimum absolute atomic E-state index is 0.0497. The molecule has 0 aromatic heterocycles. The Morgan fingerprint density at radius 2 is 1.69 bits per heavy atom. The van der Waals surface area contributed by atoms with Gasteiger partial charge in [0.25, 0.3) is 11.7 Å². The quantitative estimate of drug-likeness (QED) is 0.361. The summed E-state index contributed by atoms with van der Waals surface area (Å²) in [7, 11) is 1.44. The molecule has 32 heavy (non-hydrogen) atoms. The van der Waals surface area contributed by atoms with Crippen LogP contribution in [0.2, 0.25) is 0 Å². The molecule has 1 heterocycles. The van der Waals surface area contributed by atoms with E-state index < -0.39 is 35.1 Å². The topological polar surface area (TPSA) is 87.1 Å². The molecule has 2 N–H and O–H groups in total. The monoisotopic (exact) mass is 437 g/mol. The number of carbonyl (C=O) groups is 2. The van der Waals surface area contributed by atoms with Crippen molar-refractivity contribution in [2.75, 3.05) is 12.0 Å². The molecule has 0 radical (unpaired) electrons. The molecule has 1 aliphatic heterocycles. The van der Waals surface area contributed by atoms with Gasteiger partial charge in [-0.1, -0.05) is 24.3 Å². The summed E-state index contributed by atoms with van der Waals surface area (Å²) in [5.41, 5.74) is 0.306. The van der Waals surface area contributed by atoms with Crippen molar-refractivity contribution in [1.82, 2.24) is 0 Å². The summed E-state index contributed by atoms with van der Waals surface area (Å²) in [5, 5.41) is 20.7. The number of carbonyl (C=O) groups excluding carboxylic acids is 2. The van der Waals surface area contributed by atoms with Crippen LogP contribution in [0.15, 0.2) is 72.3 Å². The third kappa shape index (κ3) is 3.56. The molecule has 1 saturated heterocycles. The van der Waals surface area contributed by atoms with E-state index in [0.717, 1.165) is 17.0 Å². The molecule has 1 atom stereocenters. The molecule has 1 aliphatic rings. The minimum atomic E-state index is -1.19. The number of amides is 1. The van der Waals surface area contributed by atoms with Crippen LogP contribution >= 0.6 is 0 Å². The van der Waals surface area contributed by atoms with Gasteiger partial charge in [-0.05, 0) is 42.0 Å². The van der Waals surface area contributed by atoms with Gasteiger partial charge in [0.15, 0.2) is 11.6 Å². The normalized spacial score (nSPS) is 17.6. The molecular formula is C24H17F2NO5. The van der Waals surface area contributed by atoms with Crippen LogP contribution in [0.3, 0.4) is 0 Å². The number of methoxy groups -OCH3 is 1. The van der Waals surface area contributed by atoms with Gasteiger partial charge in [-0.25, -0.2) is 8.78 Å². The summed E-state index contributed by atoms with van der Waals surface area (Å²) in [6.07, 6.45) is 0. The van der Waals surface area contributed by atoms with Gasteiger partial charge in [0.1, 0.15) is 17.3 Å². The Hall–Kier alpha value is -4.20. The van der Waals surface area contributed by atoms with Crippen LogP contribution in [0.1, 0.15) is 17.2 Å². The Morgan fingerprint density at radius 1 is 0.969 bits per heavy atom. The predicted molar refractivity (Wildman–Crippen MR) is 112 cm³/mol. The van der Waals surface area contributed by atoms with Crippen LogP contribution in [-0.2, 0) is 9.59 Å². The number of ketones is 1. The number of Topliss-reactive ketones (excluding diaryl/α,β-unsaturated/α-hetero) is 1. The molecule has 1 amide bonds. The number of rotatable bonds is 4. The van der Waals surface area contributed by atoms with Crippen LogP contribution < -0.4 is 9.64 Å². The zero-order chi connectivity index (χ0) is 23.0. The fraction of sp³-hybridized carbons (Fsp3) is 0.0833. The SMILES string of the molecule is COc1cccc(/C(O)=C2\C(=O)C(=O)N(c3ccc(F)c(F)c3)C2c2ccc(O)cc2)c1. The van der Waals surface area contributed by atoms with Gasteiger partial charge < -0.3 is 14.9 Å². The highest BCUT2D eigenvalue weighted by Crippen LogP contribution is 2.42. The lowest BCUT2D eigenvalue weighted by atomic mass is 9.95. The average Bonchev–Trinajstić information content (AvgIpc) is 3.06. The van der Waals surface area contributed by atoms with Crippen molar-refractivity contribution in [1.29, 1.82) is 0 Å². The number of aromatic hydroxyl groups is 1. The second-order valence-electron chi connectivity index (χ2n) is 7.09. The molecule has 1 unspecified atom stereocenters. The smallest absolute Gasteiger partial charge is 0.300 e. The molecule has 0 saturated carbocycles. The summed E-state index contributed by atoms with van der Waals surface area (Å²) < 4.78 is 32.6. The standard InChI is InChI=1S/C24H17F2NO5/c1-32-17-4-2-3-14(11-17)22(29)20-21(13-5-8-16(28)9-6-13)27(24(31)23(20)30)15-7-10-18(25)19(26)12-15/h2-12,21,28-29H,1H3/b22-20+. The average molecular weight is 437 g/mol. The summed E-state index contributed by atoms with van der Waals surface area (Å²) in [4.78, 5) is 27.0. The van der Waals surface area contributed by atoms with E-state index >= 15 is 0 Å². The van der Waals surface area contributed by atoms with Gasteiger partial charge in [-0.15, -0.1) is 0 Å². The number of hydrogen-bond acceptors (Lipinski definition) is 5. The van der Waals surface area contributed by atoms with Gasteiger partial charge in [0, 0.05) is 17.3 Å². The third-order valence-electron chi connectivity index (χ3n) is 5.18. The largest absolute Gasteiger partial charge is 0.508 e. The summed E-state index contributed by atoms with van der Waals surface area (Å²) in [5.74, 6) is -4.39. The molecule has 4 rings (SSSR count). The Bertz CT molecular complexity index is 1250. The zero-order valence-electron chi connectivity index (χ0n) is 16.8. The van der Waals surface area contributed by atoms with Crippen molar-refractivity contribution < 1.29 is 33.3 Å². The van der Waals surface area contributed by atoms with Crippen molar-refractivity contribution >= 4 is 23.1 Å². The number of aliphatic hydroxyl groups excluding tert-OH is 1. The number of benzene rings is 3. The maximum atomic E-state index is 13.9. The van der Waals surface area contributed by atoms with Crippen LogP contribution in [0, 0.1) is 11.6 Å². The van der Waals surface area contributed by atoms with E-state index in [1.807, 2.05) is 0 Å². The van der Waals surface area contributed by atoms with Gasteiger partial charge in [0.05, 0.1) is 18.7 Å². The van der Waals surface area contributed by atoms with Crippen molar-refractivity contribution in [3.05, 3.63) is 95.1 Å². The van der Waals surface area contributed by atoms with E-state index in [1.165, 1.54) is 49.6 Å². The molecule has 3 aromatic carbocycles. The number of phenols is 1. The Kier molecular flexibility index (Phi) is 5.36. The number of halogens is 2. The molecule has 6 nitrogen and oxygen atoms in total. The summed E-state index contributed by atoms with van der Waals surface area (Å²) in [6.45, 7) is 0. The first-order valence-corrected chi connectivity index (χ1v) is 9.51. The van der Waals surface area contributed by atoms with E-state index in [0.29, 0.717) is 11.3 Å².